The van der Waals surface area contributed by atoms with Crippen LogP contribution in [0.2, 0.25) is 0 Å². The molecule has 0 saturated carbocycles. The quantitative estimate of drug-likeness (QED) is 0.669. The molecule has 0 aliphatic carbocycles. The van der Waals surface area contributed by atoms with Crippen LogP contribution in [0.4, 0.5) is 5.69 Å². The van der Waals surface area contributed by atoms with E-state index in [4.69, 9.17) is 0 Å². The fraction of sp³-hybridized carbons (Fsp3) is 0.190. The van der Waals surface area contributed by atoms with E-state index in [1.165, 1.54) is 0 Å². The summed E-state index contributed by atoms with van der Waals surface area (Å²) in [5.41, 5.74) is 3.66. The Kier molecular flexibility index (Phi) is 3.80. The average Bonchev–Trinajstić information content (AvgIpc) is 2.53. The molecule has 114 valence electrons. The van der Waals surface area contributed by atoms with Crippen molar-refractivity contribution in [3.63, 3.8) is 0 Å². The van der Waals surface area contributed by atoms with Crippen LogP contribution in [0.5, 0.6) is 0 Å². The van der Waals surface area contributed by atoms with Crippen molar-refractivity contribution < 1.29 is 0 Å². The molecule has 0 radical (unpaired) electrons. The third-order valence-corrected chi connectivity index (χ3v) is 3.75. The van der Waals surface area contributed by atoms with Crippen LogP contribution in [0.25, 0.3) is 21.9 Å². The number of benzene rings is 3. The van der Waals surface area contributed by atoms with Crippen molar-refractivity contribution in [1.82, 2.24) is 0 Å². The Bertz CT molecular complexity index is 881. The Morgan fingerprint density at radius 1 is 0.913 bits per heavy atom. The van der Waals surface area contributed by atoms with Crippen LogP contribution in [-0.4, -0.2) is 5.54 Å². The predicted octanol–water partition coefficient (Wildman–Crippen LogP) is 5.59. The van der Waals surface area contributed by atoms with Crippen molar-refractivity contribution >= 4 is 16.5 Å². The van der Waals surface area contributed by atoms with Gasteiger partial charge in [-0.2, -0.15) is 5.26 Å². The van der Waals surface area contributed by atoms with Gasteiger partial charge in [-0.05, 0) is 37.8 Å². The second kappa shape index (κ2) is 5.78. The van der Waals surface area contributed by atoms with Crippen molar-refractivity contribution in [2.24, 2.45) is 0 Å². The minimum Gasteiger partial charge on any atom is -0.379 e. The van der Waals surface area contributed by atoms with E-state index in [9.17, 15) is 5.26 Å². The zero-order valence-corrected chi connectivity index (χ0v) is 13.7. The number of nitrogens with one attached hydrogen (secondary N) is 1. The molecule has 0 aliphatic rings. The molecule has 23 heavy (non-hydrogen) atoms. The smallest absolute Gasteiger partial charge is 0.102 e. The van der Waals surface area contributed by atoms with E-state index >= 15 is 0 Å². The van der Waals surface area contributed by atoms with E-state index < -0.39 is 0 Å². The largest absolute Gasteiger partial charge is 0.379 e. The van der Waals surface area contributed by atoms with Gasteiger partial charge < -0.3 is 5.32 Å². The maximum absolute atomic E-state index is 9.79. The molecule has 0 aliphatic heterocycles. The first-order chi connectivity index (χ1) is 11.0. The van der Waals surface area contributed by atoms with Crippen LogP contribution in [-0.2, 0) is 0 Å². The minimum absolute atomic E-state index is 0.127. The Morgan fingerprint density at radius 2 is 1.57 bits per heavy atom. The van der Waals surface area contributed by atoms with Crippen molar-refractivity contribution in [1.29, 1.82) is 5.26 Å². The third-order valence-electron chi connectivity index (χ3n) is 3.75. The van der Waals surface area contributed by atoms with Gasteiger partial charge in [-0.3, -0.25) is 0 Å². The van der Waals surface area contributed by atoms with E-state index in [1.807, 2.05) is 36.4 Å². The highest BCUT2D eigenvalue weighted by Crippen LogP contribution is 2.37. The number of hydrogen-bond donors (Lipinski definition) is 1. The number of rotatable bonds is 2. The van der Waals surface area contributed by atoms with Gasteiger partial charge in [-0.25, -0.2) is 0 Å². The van der Waals surface area contributed by atoms with E-state index in [0.717, 1.165) is 27.6 Å². The maximum Gasteiger partial charge on any atom is 0.102 e. The molecule has 0 amide bonds. The van der Waals surface area contributed by atoms with Gasteiger partial charge in [0, 0.05) is 16.5 Å². The second-order valence-corrected chi connectivity index (χ2v) is 6.75. The molecule has 0 atom stereocenters. The first kappa shape index (κ1) is 15.1. The van der Waals surface area contributed by atoms with Crippen LogP contribution in [0.3, 0.4) is 0 Å². The van der Waals surface area contributed by atoms with Gasteiger partial charge in [-0.1, -0.05) is 54.6 Å². The fourth-order valence-electron chi connectivity index (χ4n) is 2.81. The topological polar surface area (TPSA) is 35.8 Å². The summed E-state index contributed by atoms with van der Waals surface area (Å²) in [5.74, 6) is 0. The van der Waals surface area contributed by atoms with Gasteiger partial charge in [0.1, 0.15) is 6.07 Å². The molecule has 0 fully saturated rings. The molecule has 0 heterocycles. The zero-order valence-electron chi connectivity index (χ0n) is 13.7. The highest BCUT2D eigenvalue weighted by atomic mass is 15.0. The van der Waals surface area contributed by atoms with Gasteiger partial charge in [0.2, 0.25) is 0 Å². The van der Waals surface area contributed by atoms with Gasteiger partial charge in [0.25, 0.3) is 0 Å². The molecular weight excluding hydrogens is 280 g/mol. The summed E-state index contributed by atoms with van der Waals surface area (Å²) in [7, 11) is 0. The number of nitrogens with zero attached hydrogens (tertiary/aromatic N) is 1. The lowest BCUT2D eigenvalue weighted by atomic mass is 9.93. The van der Waals surface area contributed by atoms with Crippen molar-refractivity contribution in [2.45, 2.75) is 26.3 Å². The number of nitriles is 1. The highest BCUT2D eigenvalue weighted by molar-refractivity contribution is 6.00. The van der Waals surface area contributed by atoms with Crippen molar-refractivity contribution in [3.05, 3.63) is 66.2 Å². The Hall–Kier alpha value is -2.79. The number of hydrogen-bond acceptors (Lipinski definition) is 2. The fourth-order valence-corrected chi connectivity index (χ4v) is 2.81. The van der Waals surface area contributed by atoms with Crippen LogP contribution in [0.15, 0.2) is 60.7 Å². The molecular formula is C21H20N2. The summed E-state index contributed by atoms with van der Waals surface area (Å²) in [5, 5.41) is 15.4. The Balaban J connectivity index is 2.37. The first-order valence-electron chi connectivity index (χ1n) is 7.79. The lowest BCUT2D eigenvalue weighted by Crippen LogP contribution is -2.27. The normalized spacial score (nSPS) is 11.2. The third kappa shape index (κ3) is 3.05. The summed E-state index contributed by atoms with van der Waals surface area (Å²) in [4.78, 5) is 0. The van der Waals surface area contributed by atoms with Crippen LogP contribution in [0.1, 0.15) is 26.3 Å². The van der Waals surface area contributed by atoms with Crippen molar-refractivity contribution in [2.75, 3.05) is 5.32 Å². The molecule has 0 aromatic heterocycles. The average molecular weight is 300 g/mol. The monoisotopic (exact) mass is 300 g/mol. The van der Waals surface area contributed by atoms with Gasteiger partial charge in [-0.15, -0.1) is 0 Å². The van der Waals surface area contributed by atoms with E-state index in [-0.39, 0.29) is 5.54 Å². The summed E-state index contributed by atoms with van der Waals surface area (Å²) in [6.07, 6.45) is 0. The molecule has 3 aromatic rings. The second-order valence-electron chi connectivity index (χ2n) is 6.75. The van der Waals surface area contributed by atoms with Crippen molar-refractivity contribution in [3.8, 4) is 17.2 Å². The SMILES string of the molecule is CC(C)(C)Nc1c(-c2ccccc2)cc2ccccc2c1C#N. The summed E-state index contributed by atoms with van der Waals surface area (Å²) in [6, 6.07) is 22.9. The summed E-state index contributed by atoms with van der Waals surface area (Å²) < 4.78 is 0. The van der Waals surface area contributed by atoms with E-state index in [1.54, 1.807) is 0 Å². The number of anilines is 1. The van der Waals surface area contributed by atoms with Crippen LogP contribution >= 0.6 is 0 Å². The Morgan fingerprint density at radius 3 is 2.22 bits per heavy atom. The lowest BCUT2D eigenvalue weighted by Gasteiger charge is -2.26. The van der Waals surface area contributed by atoms with Gasteiger partial charge in [0.05, 0.1) is 11.3 Å². The number of fused-ring (bicyclic) bond motifs is 1. The van der Waals surface area contributed by atoms with Crippen LogP contribution in [0, 0.1) is 11.3 Å². The summed E-state index contributed by atoms with van der Waals surface area (Å²) >= 11 is 0. The van der Waals surface area contributed by atoms with E-state index in [2.05, 4.69) is 56.4 Å². The molecule has 0 spiro atoms. The molecule has 3 rings (SSSR count). The summed E-state index contributed by atoms with van der Waals surface area (Å²) in [6.45, 7) is 6.33. The maximum atomic E-state index is 9.79. The van der Waals surface area contributed by atoms with E-state index in [0.29, 0.717) is 5.56 Å². The first-order valence-corrected chi connectivity index (χ1v) is 7.79. The predicted molar refractivity (Wildman–Crippen MR) is 97.5 cm³/mol. The molecule has 2 nitrogen and oxygen atoms in total. The zero-order chi connectivity index (χ0) is 16.4. The molecule has 1 N–H and O–H groups in total. The molecule has 0 bridgehead atoms. The lowest BCUT2D eigenvalue weighted by molar-refractivity contribution is 0.634. The minimum atomic E-state index is -0.127. The molecule has 3 aromatic carbocycles. The molecule has 2 heteroatoms. The van der Waals surface area contributed by atoms with Gasteiger partial charge >= 0.3 is 0 Å². The standard InChI is InChI=1S/C21H20N2/c1-21(2,3)23-20-18(15-9-5-4-6-10-15)13-16-11-7-8-12-17(16)19(20)14-22/h4-13,23H,1-3H3. The molecule has 0 unspecified atom stereocenters. The van der Waals surface area contributed by atoms with Crippen LogP contribution < -0.4 is 5.32 Å². The van der Waals surface area contributed by atoms with Gasteiger partial charge in [0.15, 0.2) is 0 Å². The highest BCUT2D eigenvalue weighted by Gasteiger charge is 2.19. The Labute approximate surface area is 137 Å². The molecule has 0 saturated heterocycles.